The molecular formula is C18H25N5O2S. The first-order chi connectivity index (χ1) is 12.4. The number of urea groups is 1. The lowest BCUT2D eigenvalue weighted by atomic mass is 9.92. The first kappa shape index (κ1) is 17.3. The van der Waals surface area contributed by atoms with Gasteiger partial charge >= 0.3 is 6.03 Å². The third-order valence-electron chi connectivity index (χ3n) is 5.63. The molecule has 1 spiro atoms. The average molecular weight is 375 g/mol. The van der Waals surface area contributed by atoms with E-state index in [0.717, 1.165) is 42.7 Å². The van der Waals surface area contributed by atoms with Crippen LogP contribution in [0.2, 0.25) is 0 Å². The molecule has 2 atom stereocenters. The molecule has 8 heteroatoms. The topological polar surface area (TPSA) is 90.6 Å². The van der Waals surface area contributed by atoms with Gasteiger partial charge in [0, 0.05) is 33.9 Å². The van der Waals surface area contributed by atoms with Gasteiger partial charge in [0.2, 0.25) is 0 Å². The Morgan fingerprint density at radius 1 is 1.38 bits per heavy atom. The molecule has 0 radical (unpaired) electrons. The van der Waals surface area contributed by atoms with E-state index in [-0.39, 0.29) is 6.03 Å². The molecule has 4 rings (SSSR count). The minimum absolute atomic E-state index is 0.131. The third kappa shape index (κ3) is 3.06. The van der Waals surface area contributed by atoms with Gasteiger partial charge in [0.1, 0.15) is 5.65 Å². The second-order valence-corrected chi connectivity index (χ2v) is 9.85. The molecular weight excluding hydrogens is 350 g/mol. The maximum atomic E-state index is 12.8. The normalized spacial score (nSPS) is 28.7. The Morgan fingerprint density at radius 3 is 2.96 bits per heavy atom. The summed E-state index contributed by atoms with van der Waals surface area (Å²) in [7, 11) is -2.57. The number of carbonyl (C=O) groups is 1. The van der Waals surface area contributed by atoms with E-state index in [4.69, 9.17) is 4.78 Å². The average Bonchev–Trinajstić information content (AvgIpc) is 3.16. The molecule has 2 aliphatic rings. The highest BCUT2D eigenvalue weighted by atomic mass is 32.2. The summed E-state index contributed by atoms with van der Waals surface area (Å²) in [5.41, 5.74) is 2.39. The Bertz CT molecular complexity index is 952. The Labute approximate surface area is 153 Å². The molecule has 2 unspecified atom stereocenters. The van der Waals surface area contributed by atoms with E-state index in [1.807, 2.05) is 40.6 Å². The second kappa shape index (κ2) is 6.26. The monoisotopic (exact) mass is 375 g/mol. The SMILES string of the molecule is Cc1cccc2nc(CNC(=O)N3CCCC34CCCS(=N)(=O)C4)cn12. The van der Waals surface area contributed by atoms with Crippen LogP contribution in [0.1, 0.15) is 37.1 Å². The third-order valence-corrected chi connectivity index (χ3v) is 7.58. The van der Waals surface area contributed by atoms with E-state index in [1.165, 1.54) is 0 Å². The minimum atomic E-state index is -2.57. The summed E-state index contributed by atoms with van der Waals surface area (Å²) in [5.74, 6) is 0.784. The predicted molar refractivity (Wildman–Crippen MR) is 101 cm³/mol. The van der Waals surface area contributed by atoms with E-state index < -0.39 is 15.3 Å². The minimum Gasteiger partial charge on any atom is -0.332 e. The maximum Gasteiger partial charge on any atom is 0.318 e. The van der Waals surface area contributed by atoms with Gasteiger partial charge in [-0.3, -0.25) is 4.78 Å². The zero-order chi connectivity index (χ0) is 18.4. The number of aryl methyl sites for hydroxylation is 1. The fourth-order valence-corrected chi connectivity index (χ4v) is 6.49. The molecule has 0 aromatic carbocycles. The van der Waals surface area contributed by atoms with Crippen LogP contribution in [0, 0.1) is 11.7 Å². The zero-order valence-electron chi connectivity index (χ0n) is 15.0. The fourth-order valence-electron chi connectivity index (χ4n) is 4.42. The molecule has 2 amide bonds. The lowest BCUT2D eigenvalue weighted by molar-refractivity contribution is 0.148. The van der Waals surface area contributed by atoms with Crippen molar-refractivity contribution in [3.63, 3.8) is 0 Å². The summed E-state index contributed by atoms with van der Waals surface area (Å²) in [6.45, 7) is 3.06. The molecule has 2 fully saturated rings. The van der Waals surface area contributed by atoms with Crippen LogP contribution in [0.4, 0.5) is 4.79 Å². The molecule has 2 aromatic rings. The van der Waals surface area contributed by atoms with Crippen LogP contribution in [-0.4, -0.2) is 48.1 Å². The number of hydrogen-bond acceptors (Lipinski definition) is 4. The van der Waals surface area contributed by atoms with Gasteiger partial charge in [-0.25, -0.2) is 14.0 Å². The van der Waals surface area contributed by atoms with Crippen molar-refractivity contribution < 1.29 is 9.00 Å². The van der Waals surface area contributed by atoms with Gasteiger partial charge in [-0.2, -0.15) is 0 Å². The molecule has 2 aromatic heterocycles. The van der Waals surface area contributed by atoms with Crippen molar-refractivity contribution in [2.24, 2.45) is 0 Å². The van der Waals surface area contributed by atoms with Gasteiger partial charge in [0.05, 0.1) is 23.5 Å². The lowest BCUT2D eigenvalue weighted by Crippen LogP contribution is -2.56. The van der Waals surface area contributed by atoms with Gasteiger partial charge in [0.25, 0.3) is 0 Å². The first-order valence-electron chi connectivity index (χ1n) is 9.12. The van der Waals surface area contributed by atoms with Gasteiger partial charge in [-0.05, 0) is 44.7 Å². The number of imidazole rings is 1. The molecule has 2 saturated heterocycles. The highest BCUT2D eigenvalue weighted by Gasteiger charge is 2.47. The van der Waals surface area contributed by atoms with Crippen LogP contribution in [0.25, 0.3) is 5.65 Å². The summed E-state index contributed by atoms with van der Waals surface area (Å²) in [6, 6.07) is 5.80. The number of pyridine rings is 1. The lowest BCUT2D eigenvalue weighted by Gasteiger charge is -2.41. The number of hydrogen-bond donors (Lipinski definition) is 2. The van der Waals surface area contributed by atoms with Crippen molar-refractivity contribution in [3.05, 3.63) is 35.8 Å². The standard InChI is InChI=1S/C18H25N5O2S/c1-14-5-2-6-16-21-15(12-22(14)16)11-20-17(24)23-9-3-7-18(23)8-4-10-26(19,25)13-18/h2,5-6,12,19H,3-4,7-11,13H2,1H3,(H,20,24). The summed E-state index contributed by atoms with van der Waals surface area (Å²) in [6.07, 6.45) is 5.32. The van der Waals surface area contributed by atoms with Crippen molar-refractivity contribution >= 4 is 21.4 Å². The van der Waals surface area contributed by atoms with Crippen LogP contribution in [0.5, 0.6) is 0 Å². The number of likely N-dealkylation sites (tertiary alicyclic amines) is 1. The number of nitrogens with zero attached hydrogens (tertiary/aromatic N) is 3. The Morgan fingerprint density at radius 2 is 2.19 bits per heavy atom. The summed E-state index contributed by atoms with van der Waals surface area (Å²) in [5, 5.41) is 2.98. The predicted octanol–water partition coefficient (Wildman–Crippen LogP) is 2.53. The highest BCUT2D eigenvalue weighted by Crippen LogP contribution is 2.38. The van der Waals surface area contributed by atoms with Crippen molar-refractivity contribution in [3.8, 4) is 0 Å². The molecule has 7 nitrogen and oxygen atoms in total. The van der Waals surface area contributed by atoms with Gasteiger partial charge in [-0.1, -0.05) is 6.07 Å². The maximum absolute atomic E-state index is 12.8. The van der Waals surface area contributed by atoms with Crippen molar-refractivity contribution in [2.45, 2.75) is 44.7 Å². The molecule has 0 saturated carbocycles. The molecule has 140 valence electrons. The van der Waals surface area contributed by atoms with Crippen LogP contribution in [0.15, 0.2) is 24.4 Å². The van der Waals surface area contributed by atoms with E-state index >= 15 is 0 Å². The number of nitrogens with one attached hydrogen (secondary N) is 2. The molecule has 2 N–H and O–H groups in total. The van der Waals surface area contributed by atoms with E-state index in [9.17, 15) is 9.00 Å². The Hall–Kier alpha value is -2.09. The highest BCUT2D eigenvalue weighted by molar-refractivity contribution is 7.92. The Balaban J connectivity index is 1.48. The second-order valence-electron chi connectivity index (χ2n) is 7.53. The first-order valence-corrected chi connectivity index (χ1v) is 11.0. The number of amides is 2. The number of rotatable bonds is 2. The quantitative estimate of drug-likeness (QED) is 0.845. The van der Waals surface area contributed by atoms with Crippen molar-refractivity contribution in [2.75, 3.05) is 18.1 Å². The zero-order valence-corrected chi connectivity index (χ0v) is 15.8. The van der Waals surface area contributed by atoms with E-state index in [2.05, 4.69) is 10.3 Å². The van der Waals surface area contributed by atoms with Crippen molar-refractivity contribution in [1.29, 1.82) is 4.78 Å². The molecule has 26 heavy (non-hydrogen) atoms. The van der Waals surface area contributed by atoms with Gasteiger partial charge in [-0.15, -0.1) is 0 Å². The number of aromatic nitrogens is 2. The molecule has 4 heterocycles. The van der Waals surface area contributed by atoms with Gasteiger partial charge < -0.3 is 14.6 Å². The summed E-state index contributed by atoms with van der Waals surface area (Å²) >= 11 is 0. The summed E-state index contributed by atoms with van der Waals surface area (Å²) in [4.78, 5) is 19.2. The largest absolute Gasteiger partial charge is 0.332 e. The molecule has 0 aliphatic carbocycles. The number of fused-ring (bicyclic) bond motifs is 1. The molecule has 0 bridgehead atoms. The van der Waals surface area contributed by atoms with Crippen LogP contribution in [0.3, 0.4) is 0 Å². The van der Waals surface area contributed by atoms with E-state index in [0.29, 0.717) is 24.6 Å². The van der Waals surface area contributed by atoms with Crippen LogP contribution < -0.4 is 5.32 Å². The molecule has 2 aliphatic heterocycles. The summed E-state index contributed by atoms with van der Waals surface area (Å²) < 4.78 is 22.4. The fraction of sp³-hybridized carbons (Fsp3) is 0.556. The van der Waals surface area contributed by atoms with Crippen LogP contribution in [-0.2, 0) is 16.3 Å². The van der Waals surface area contributed by atoms with Gasteiger partial charge in [0.15, 0.2) is 0 Å². The van der Waals surface area contributed by atoms with Crippen LogP contribution >= 0.6 is 0 Å². The smallest absolute Gasteiger partial charge is 0.318 e. The van der Waals surface area contributed by atoms with E-state index in [1.54, 1.807) is 0 Å². The van der Waals surface area contributed by atoms with Crippen molar-refractivity contribution in [1.82, 2.24) is 19.6 Å². The number of carbonyl (C=O) groups excluding carboxylic acids is 1. The Kier molecular flexibility index (Phi) is 4.17.